The molecular weight excluding hydrogens is 236 g/mol. The van der Waals surface area contributed by atoms with Crippen LogP contribution in [0, 0.1) is 0 Å². The Balaban J connectivity index is 2.39. The maximum absolute atomic E-state index is 11.9. The van der Waals surface area contributed by atoms with Crippen LogP contribution >= 0.6 is 0 Å². The number of hydrogen-bond donors (Lipinski definition) is 1. The molecular formula is C16H24N2O. The van der Waals surface area contributed by atoms with Crippen molar-refractivity contribution >= 4 is 11.6 Å². The minimum Gasteiger partial charge on any atom is -0.360 e. The quantitative estimate of drug-likeness (QED) is 0.842. The first-order valence-electron chi connectivity index (χ1n) is 6.84. The van der Waals surface area contributed by atoms with Crippen LogP contribution in [0.4, 0.5) is 5.69 Å². The summed E-state index contributed by atoms with van der Waals surface area (Å²) in [6.07, 6.45) is 0. The van der Waals surface area contributed by atoms with E-state index in [0.717, 1.165) is 6.54 Å². The summed E-state index contributed by atoms with van der Waals surface area (Å²) in [5.74, 6) is 0.0972. The molecule has 19 heavy (non-hydrogen) atoms. The molecule has 1 aromatic carbocycles. The van der Waals surface area contributed by atoms with Gasteiger partial charge in [-0.2, -0.15) is 0 Å². The van der Waals surface area contributed by atoms with Crippen molar-refractivity contribution < 1.29 is 4.79 Å². The molecule has 0 saturated carbocycles. The Morgan fingerprint density at radius 2 is 1.84 bits per heavy atom. The van der Waals surface area contributed by atoms with Gasteiger partial charge in [-0.3, -0.25) is 4.79 Å². The predicted molar refractivity (Wildman–Crippen MR) is 79.6 cm³/mol. The third-order valence-electron chi connectivity index (χ3n) is 3.45. The van der Waals surface area contributed by atoms with Gasteiger partial charge in [-0.05, 0) is 30.9 Å². The van der Waals surface area contributed by atoms with Gasteiger partial charge in [0.2, 0.25) is 5.91 Å². The zero-order valence-electron chi connectivity index (χ0n) is 12.6. The smallest absolute Gasteiger partial charge is 0.239 e. The van der Waals surface area contributed by atoms with Crippen molar-refractivity contribution in [1.82, 2.24) is 5.32 Å². The first-order chi connectivity index (χ1) is 8.69. The van der Waals surface area contributed by atoms with E-state index in [1.807, 2.05) is 6.07 Å². The topological polar surface area (TPSA) is 32.3 Å². The number of nitrogens with zero attached hydrogens (tertiary/aromatic N) is 1. The number of hydrogen-bond acceptors (Lipinski definition) is 2. The molecule has 1 aliphatic rings. The normalized spacial score (nSPS) is 19.2. The standard InChI is InChI=1S/C16H24N2O/c1-15(2,3)12-8-6-7-9-13(12)18-10-14(19)17-16(4,5)11-18/h6-9H,10-11H2,1-5H3,(H,17,19). The third kappa shape index (κ3) is 3.09. The fourth-order valence-corrected chi connectivity index (χ4v) is 2.72. The predicted octanol–water partition coefficient (Wildman–Crippen LogP) is 2.70. The Labute approximate surface area is 116 Å². The van der Waals surface area contributed by atoms with Crippen LogP contribution in [0.1, 0.15) is 40.2 Å². The van der Waals surface area contributed by atoms with E-state index in [9.17, 15) is 4.79 Å². The molecule has 2 rings (SSSR count). The molecule has 0 spiro atoms. The molecule has 0 radical (unpaired) electrons. The monoisotopic (exact) mass is 260 g/mol. The number of benzene rings is 1. The lowest BCUT2D eigenvalue weighted by Crippen LogP contribution is -2.60. The SMILES string of the molecule is CC1(C)CN(c2ccccc2C(C)(C)C)CC(=O)N1. The Bertz CT molecular complexity index is 486. The average molecular weight is 260 g/mol. The van der Waals surface area contributed by atoms with E-state index >= 15 is 0 Å². The zero-order chi connectivity index (χ0) is 14.3. The zero-order valence-corrected chi connectivity index (χ0v) is 12.6. The molecule has 0 unspecified atom stereocenters. The van der Waals surface area contributed by atoms with Crippen molar-refractivity contribution in [2.75, 3.05) is 18.0 Å². The Hall–Kier alpha value is -1.51. The van der Waals surface area contributed by atoms with Crippen molar-refractivity contribution in [2.24, 2.45) is 0 Å². The second kappa shape index (κ2) is 4.55. The van der Waals surface area contributed by atoms with Gasteiger partial charge >= 0.3 is 0 Å². The van der Waals surface area contributed by atoms with Crippen LogP contribution in [0.25, 0.3) is 0 Å². The molecule has 3 heteroatoms. The van der Waals surface area contributed by atoms with E-state index in [-0.39, 0.29) is 16.9 Å². The van der Waals surface area contributed by atoms with Crippen molar-refractivity contribution in [3.05, 3.63) is 29.8 Å². The van der Waals surface area contributed by atoms with Crippen LogP contribution in [0.2, 0.25) is 0 Å². The lowest BCUT2D eigenvalue weighted by molar-refractivity contribution is -0.122. The van der Waals surface area contributed by atoms with Crippen LogP contribution < -0.4 is 10.2 Å². The fourth-order valence-electron chi connectivity index (χ4n) is 2.72. The van der Waals surface area contributed by atoms with E-state index in [1.54, 1.807) is 0 Å². The van der Waals surface area contributed by atoms with Gasteiger partial charge in [-0.1, -0.05) is 39.0 Å². The van der Waals surface area contributed by atoms with E-state index in [2.05, 4.69) is 63.0 Å². The lowest BCUT2D eigenvalue weighted by atomic mass is 9.85. The second-order valence-electron chi connectivity index (χ2n) is 7.06. The van der Waals surface area contributed by atoms with Crippen molar-refractivity contribution in [2.45, 2.75) is 45.6 Å². The number of anilines is 1. The summed E-state index contributed by atoms with van der Waals surface area (Å²) in [6, 6.07) is 8.40. The van der Waals surface area contributed by atoms with Gasteiger partial charge in [-0.15, -0.1) is 0 Å². The van der Waals surface area contributed by atoms with Crippen LogP contribution in [0.3, 0.4) is 0 Å². The van der Waals surface area contributed by atoms with Gasteiger partial charge < -0.3 is 10.2 Å². The lowest BCUT2D eigenvalue weighted by Gasteiger charge is -2.41. The minimum absolute atomic E-state index is 0.0780. The van der Waals surface area contributed by atoms with Gasteiger partial charge in [0.05, 0.1) is 12.1 Å². The molecule has 1 saturated heterocycles. The minimum atomic E-state index is -0.180. The number of carbonyl (C=O) groups excluding carboxylic acids is 1. The summed E-state index contributed by atoms with van der Waals surface area (Å²) in [5.41, 5.74) is 2.37. The summed E-state index contributed by atoms with van der Waals surface area (Å²) in [5, 5.41) is 3.03. The average Bonchev–Trinajstić information content (AvgIpc) is 2.25. The highest BCUT2D eigenvalue weighted by Crippen LogP contribution is 2.33. The molecule has 0 aromatic heterocycles. The number of para-hydroxylation sites is 1. The highest BCUT2D eigenvalue weighted by molar-refractivity contribution is 5.84. The largest absolute Gasteiger partial charge is 0.360 e. The summed E-state index contributed by atoms with van der Waals surface area (Å²) in [4.78, 5) is 14.1. The molecule has 0 atom stereocenters. The van der Waals surface area contributed by atoms with Gasteiger partial charge in [-0.25, -0.2) is 0 Å². The number of carbonyl (C=O) groups is 1. The number of nitrogens with one attached hydrogen (secondary N) is 1. The summed E-state index contributed by atoms with van der Waals surface area (Å²) in [7, 11) is 0. The third-order valence-corrected chi connectivity index (χ3v) is 3.45. The van der Waals surface area contributed by atoms with E-state index < -0.39 is 0 Å². The van der Waals surface area contributed by atoms with Gasteiger partial charge in [0, 0.05) is 12.2 Å². The number of rotatable bonds is 1. The number of piperazine rings is 1. The molecule has 1 heterocycles. The molecule has 104 valence electrons. The van der Waals surface area contributed by atoms with Crippen LogP contribution in [0.15, 0.2) is 24.3 Å². The van der Waals surface area contributed by atoms with Gasteiger partial charge in [0.1, 0.15) is 0 Å². The highest BCUT2D eigenvalue weighted by atomic mass is 16.2. The molecule has 0 aliphatic carbocycles. The molecule has 1 amide bonds. The van der Waals surface area contributed by atoms with Crippen LogP contribution in [0.5, 0.6) is 0 Å². The molecule has 0 bridgehead atoms. The second-order valence-corrected chi connectivity index (χ2v) is 7.06. The summed E-state index contributed by atoms with van der Waals surface area (Å²) >= 11 is 0. The first-order valence-corrected chi connectivity index (χ1v) is 6.84. The fraction of sp³-hybridized carbons (Fsp3) is 0.562. The van der Waals surface area contributed by atoms with E-state index in [0.29, 0.717) is 6.54 Å². The Kier molecular flexibility index (Phi) is 3.33. The Morgan fingerprint density at radius 3 is 2.42 bits per heavy atom. The number of amides is 1. The maximum Gasteiger partial charge on any atom is 0.239 e. The molecule has 1 N–H and O–H groups in total. The first kappa shape index (κ1) is 13.9. The maximum atomic E-state index is 11.9. The molecule has 1 aromatic rings. The van der Waals surface area contributed by atoms with E-state index in [1.165, 1.54) is 11.3 Å². The van der Waals surface area contributed by atoms with Crippen molar-refractivity contribution in [3.63, 3.8) is 0 Å². The Morgan fingerprint density at radius 1 is 1.21 bits per heavy atom. The van der Waals surface area contributed by atoms with Gasteiger partial charge in [0.25, 0.3) is 0 Å². The summed E-state index contributed by atoms with van der Waals surface area (Å²) in [6.45, 7) is 12.0. The molecule has 3 nitrogen and oxygen atoms in total. The van der Waals surface area contributed by atoms with Crippen LogP contribution in [-0.4, -0.2) is 24.5 Å². The highest BCUT2D eigenvalue weighted by Gasteiger charge is 2.32. The van der Waals surface area contributed by atoms with Crippen molar-refractivity contribution in [1.29, 1.82) is 0 Å². The van der Waals surface area contributed by atoms with Crippen molar-refractivity contribution in [3.8, 4) is 0 Å². The van der Waals surface area contributed by atoms with Gasteiger partial charge in [0.15, 0.2) is 0 Å². The molecule has 1 fully saturated rings. The summed E-state index contributed by atoms with van der Waals surface area (Å²) < 4.78 is 0. The van der Waals surface area contributed by atoms with E-state index in [4.69, 9.17) is 0 Å². The molecule has 1 aliphatic heterocycles. The van der Waals surface area contributed by atoms with Crippen LogP contribution in [-0.2, 0) is 10.2 Å².